The molecule has 2 heterocycles. The Hall–Kier alpha value is -5.11. The van der Waals surface area contributed by atoms with Gasteiger partial charge < -0.3 is 19.9 Å². The van der Waals surface area contributed by atoms with Crippen LogP contribution in [0.2, 0.25) is 0 Å². The summed E-state index contributed by atoms with van der Waals surface area (Å²) in [5.74, 6) is -3.57. The number of nitriles is 1. The predicted octanol–water partition coefficient (Wildman–Crippen LogP) is 4.43. The minimum absolute atomic E-state index is 0.0431. The van der Waals surface area contributed by atoms with E-state index in [1.807, 2.05) is 0 Å². The van der Waals surface area contributed by atoms with E-state index >= 15 is 4.39 Å². The Balaban J connectivity index is 1.58. The minimum atomic E-state index is -2.07. The van der Waals surface area contributed by atoms with Crippen LogP contribution in [0.1, 0.15) is 62.9 Å². The summed E-state index contributed by atoms with van der Waals surface area (Å²) >= 11 is 1.23. The third-order valence-electron chi connectivity index (χ3n) is 8.01. The molecule has 3 unspecified atom stereocenters. The first kappa shape index (κ1) is 38.7. The maximum absolute atomic E-state index is 15.3. The number of carbonyl (C=O) groups is 3. The minimum Gasteiger partial charge on any atom is -0.463 e. The molecular formula is C35H40F2N7O6S+. The Morgan fingerprint density at radius 3 is 2.51 bits per heavy atom. The van der Waals surface area contributed by atoms with Crippen molar-refractivity contribution in [2.45, 2.75) is 58.9 Å². The number of halogens is 2. The van der Waals surface area contributed by atoms with Crippen LogP contribution >= 0.6 is 11.3 Å². The average molecular weight is 725 g/mol. The molecule has 13 nitrogen and oxygen atoms in total. The van der Waals surface area contributed by atoms with Gasteiger partial charge in [0.2, 0.25) is 18.5 Å². The summed E-state index contributed by atoms with van der Waals surface area (Å²) in [4.78, 5) is 43.7. The number of rotatable bonds is 13. The molecule has 0 radical (unpaired) electrons. The van der Waals surface area contributed by atoms with Crippen molar-refractivity contribution in [1.82, 2.24) is 25.0 Å². The zero-order chi connectivity index (χ0) is 37.5. The maximum atomic E-state index is 15.3. The van der Waals surface area contributed by atoms with Crippen molar-refractivity contribution in [1.29, 1.82) is 5.26 Å². The standard InChI is InChI=1S/C35H40F2N7O6S/c1-22(31-41-29(18-51-31)25-9-7-24(16-38)8-10-25)35(48,27-15-26(36)11-12-28(27)37)19-43-21-42(20-40-43)23(2)50-33(47)44(32(46)34(3,4)5)13-14-49-30(45)17-39-6/h7-12,15,18,20-23,39,48H,13-14,17,19H2,1-6H3/q+1. The van der Waals surface area contributed by atoms with Gasteiger partial charge in [0, 0.05) is 39.9 Å². The van der Waals surface area contributed by atoms with E-state index in [-0.39, 0.29) is 31.8 Å². The molecule has 0 bridgehead atoms. The molecule has 16 heteroatoms. The van der Waals surface area contributed by atoms with Crippen LogP contribution in [-0.4, -0.2) is 69.5 Å². The molecule has 270 valence electrons. The predicted molar refractivity (Wildman–Crippen MR) is 181 cm³/mol. The van der Waals surface area contributed by atoms with E-state index in [1.54, 1.807) is 64.4 Å². The van der Waals surface area contributed by atoms with Crippen LogP contribution in [0.15, 0.2) is 60.5 Å². The Morgan fingerprint density at radius 2 is 1.86 bits per heavy atom. The summed E-state index contributed by atoms with van der Waals surface area (Å²) < 4.78 is 43.2. The van der Waals surface area contributed by atoms with Gasteiger partial charge in [-0.05, 0) is 37.4 Å². The second kappa shape index (κ2) is 16.3. The number of aliphatic hydroxyl groups is 1. The van der Waals surface area contributed by atoms with Crippen molar-refractivity contribution in [2.75, 3.05) is 26.7 Å². The fourth-order valence-electron chi connectivity index (χ4n) is 5.08. The normalized spacial score (nSPS) is 13.8. The van der Waals surface area contributed by atoms with E-state index in [9.17, 15) is 23.9 Å². The molecular weight excluding hydrogens is 684 g/mol. The molecule has 0 saturated heterocycles. The fourth-order valence-corrected chi connectivity index (χ4v) is 6.05. The number of imide groups is 1. The highest BCUT2D eigenvalue weighted by atomic mass is 32.1. The number of hydrogen-bond donors (Lipinski definition) is 2. The van der Waals surface area contributed by atoms with Gasteiger partial charge in [-0.3, -0.25) is 9.59 Å². The second-order valence-corrected chi connectivity index (χ2v) is 13.8. The number of hydrogen-bond acceptors (Lipinski definition) is 11. The van der Waals surface area contributed by atoms with Gasteiger partial charge in [-0.25, -0.2) is 23.5 Å². The summed E-state index contributed by atoms with van der Waals surface area (Å²) in [5.41, 5.74) is -1.54. The molecule has 0 aliphatic carbocycles. The lowest BCUT2D eigenvalue weighted by molar-refractivity contribution is -0.753. The molecule has 2 aromatic carbocycles. The molecule has 2 amide bonds. The Labute approximate surface area is 298 Å². The third kappa shape index (κ3) is 9.37. The van der Waals surface area contributed by atoms with Crippen molar-refractivity contribution < 1.29 is 42.3 Å². The van der Waals surface area contributed by atoms with Crippen molar-refractivity contribution in [3.8, 4) is 17.3 Å². The molecule has 2 aromatic heterocycles. The van der Waals surface area contributed by atoms with E-state index in [2.05, 4.69) is 21.5 Å². The molecule has 51 heavy (non-hydrogen) atoms. The lowest BCUT2D eigenvalue weighted by atomic mass is 9.82. The molecule has 0 spiro atoms. The van der Waals surface area contributed by atoms with Gasteiger partial charge in [-0.1, -0.05) is 39.8 Å². The highest BCUT2D eigenvalue weighted by Crippen LogP contribution is 2.41. The van der Waals surface area contributed by atoms with E-state index in [4.69, 9.17) is 14.7 Å². The molecule has 0 fully saturated rings. The van der Waals surface area contributed by atoms with Crippen molar-refractivity contribution in [3.05, 3.63) is 88.3 Å². The zero-order valence-electron chi connectivity index (χ0n) is 29.1. The molecule has 2 N–H and O–H groups in total. The fraction of sp³-hybridized carbons (Fsp3) is 0.400. The van der Waals surface area contributed by atoms with E-state index in [1.165, 1.54) is 40.2 Å². The third-order valence-corrected chi connectivity index (χ3v) is 9.04. The molecule has 3 atom stereocenters. The number of benzene rings is 2. The van der Waals surface area contributed by atoms with Crippen LogP contribution in [0.5, 0.6) is 0 Å². The Bertz CT molecular complexity index is 1900. The van der Waals surface area contributed by atoms with Crippen molar-refractivity contribution in [2.24, 2.45) is 5.41 Å². The van der Waals surface area contributed by atoms with E-state index in [0.29, 0.717) is 16.3 Å². The quantitative estimate of drug-likeness (QED) is 0.149. The van der Waals surface area contributed by atoms with Crippen LogP contribution in [0.3, 0.4) is 0 Å². The summed E-state index contributed by atoms with van der Waals surface area (Å²) in [7, 11) is 1.58. The van der Waals surface area contributed by atoms with E-state index in [0.717, 1.165) is 28.7 Å². The average Bonchev–Trinajstić information content (AvgIpc) is 3.77. The lowest BCUT2D eigenvalue weighted by Crippen LogP contribution is -2.48. The van der Waals surface area contributed by atoms with Gasteiger partial charge in [0.25, 0.3) is 6.33 Å². The number of nitrogens with zero attached hydrogens (tertiary/aromatic N) is 6. The number of likely N-dealkylation sites (N-methyl/N-ethyl adjacent to an activating group) is 1. The monoisotopic (exact) mass is 724 g/mol. The molecule has 4 aromatic rings. The number of ether oxygens (including phenoxy) is 2. The highest BCUT2D eigenvalue weighted by Gasteiger charge is 2.44. The largest absolute Gasteiger partial charge is 0.463 e. The molecule has 0 saturated carbocycles. The van der Waals surface area contributed by atoms with Crippen LogP contribution in [0.25, 0.3) is 11.3 Å². The van der Waals surface area contributed by atoms with Gasteiger partial charge in [0.15, 0.2) is 0 Å². The topological polar surface area (TPSA) is 164 Å². The maximum Gasteiger partial charge on any atom is 0.419 e. The van der Waals surface area contributed by atoms with Crippen molar-refractivity contribution in [3.63, 3.8) is 0 Å². The molecule has 0 aliphatic rings. The summed E-state index contributed by atoms with van der Waals surface area (Å²) in [6.45, 7) is 7.19. The number of aromatic nitrogens is 4. The van der Waals surface area contributed by atoms with Gasteiger partial charge in [-0.15, -0.1) is 16.0 Å². The summed E-state index contributed by atoms with van der Waals surface area (Å²) in [5, 5.41) is 30.5. The smallest absolute Gasteiger partial charge is 0.419 e. The Morgan fingerprint density at radius 1 is 1.16 bits per heavy atom. The SMILES string of the molecule is CNCC(=O)OCCN(C(=O)OC(C)[n+]1cnn(CC(O)(c2cc(F)ccc2F)C(C)c2nc(-c3ccc(C#N)cc3)cs2)c1)C(=O)C(C)(C)C. The van der Waals surface area contributed by atoms with Gasteiger partial charge >= 0.3 is 12.1 Å². The lowest BCUT2D eigenvalue weighted by Gasteiger charge is -2.32. The van der Waals surface area contributed by atoms with Crippen LogP contribution in [0, 0.1) is 28.4 Å². The number of carbonyl (C=O) groups excluding carboxylic acids is 3. The summed E-state index contributed by atoms with van der Waals surface area (Å²) in [6.07, 6.45) is 0.721. The van der Waals surface area contributed by atoms with Crippen LogP contribution < -0.4 is 9.88 Å². The highest BCUT2D eigenvalue weighted by molar-refractivity contribution is 7.10. The van der Waals surface area contributed by atoms with Gasteiger partial charge in [0.1, 0.15) is 30.4 Å². The van der Waals surface area contributed by atoms with Crippen LogP contribution in [-0.2, 0) is 31.2 Å². The molecule has 4 rings (SSSR count). The van der Waals surface area contributed by atoms with Gasteiger partial charge in [0.05, 0.1) is 35.4 Å². The molecule has 0 aliphatic heterocycles. The summed E-state index contributed by atoms with van der Waals surface area (Å²) in [6, 6.07) is 11.7. The Kier molecular flexibility index (Phi) is 12.3. The zero-order valence-corrected chi connectivity index (χ0v) is 29.9. The first-order valence-corrected chi connectivity index (χ1v) is 16.8. The van der Waals surface area contributed by atoms with Crippen LogP contribution in [0.4, 0.5) is 13.6 Å². The number of esters is 1. The number of amides is 2. The second-order valence-electron chi connectivity index (χ2n) is 12.9. The van der Waals surface area contributed by atoms with Gasteiger partial charge in [-0.2, -0.15) is 9.83 Å². The van der Waals surface area contributed by atoms with Crippen molar-refractivity contribution >= 4 is 29.3 Å². The van der Waals surface area contributed by atoms with E-state index < -0.39 is 52.8 Å². The first-order chi connectivity index (χ1) is 24.1. The first-order valence-electron chi connectivity index (χ1n) is 16.0. The number of thiazole rings is 1. The number of nitrogens with one attached hydrogen (secondary N) is 1.